The molecule has 1 saturated heterocycles. The summed E-state index contributed by atoms with van der Waals surface area (Å²) < 4.78 is 65.4. The molecule has 1 aliphatic heterocycles. The number of nitrogens with one attached hydrogen (secondary N) is 2. The molecule has 1 aliphatic rings. The predicted molar refractivity (Wildman–Crippen MR) is 110 cm³/mol. The SMILES string of the molecule is NS(=O)(=O)c1c(C(F)(F)F)ccc(-c2ccc(CN3CCNCC3)cc2)c1-c1nn[nH]n1. The summed E-state index contributed by atoms with van der Waals surface area (Å²) in [6, 6.07) is 9.03. The van der Waals surface area contributed by atoms with E-state index >= 15 is 0 Å². The van der Waals surface area contributed by atoms with E-state index in [0.29, 0.717) is 11.6 Å². The molecule has 1 fully saturated rings. The molecule has 3 aromatic rings. The Morgan fingerprint density at radius 2 is 1.75 bits per heavy atom. The molecule has 0 amide bonds. The summed E-state index contributed by atoms with van der Waals surface area (Å²) in [5.41, 5.74) is -0.0372. The third-order valence-corrected chi connectivity index (χ3v) is 6.19. The highest BCUT2D eigenvalue weighted by Crippen LogP contribution is 2.42. The number of primary sulfonamides is 1. The number of rotatable bonds is 5. The molecule has 0 radical (unpaired) electrons. The number of nitrogens with zero attached hydrogens (tertiary/aromatic N) is 4. The average molecular weight is 467 g/mol. The Labute approximate surface area is 181 Å². The van der Waals surface area contributed by atoms with Crippen LogP contribution < -0.4 is 10.5 Å². The summed E-state index contributed by atoms with van der Waals surface area (Å²) in [6.07, 6.45) is -4.95. The molecule has 0 aliphatic carbocycles. The monoisotopic (exact) mass is 467 g/mol. The van der Waals surface area contributed by atoms with E-state index in [9.17, 15) is 21.6 Å². The summed E-state index contributed by atoms with van der Waals surface area (Å²) in [5, 5.41) is 21.4. The van der Waals surface area contributed by atoms with E-state index in [-0.39, 0.29) is 17.0 Å². The van der Waals surface area contributed by atoms with Gasteiger partial charge >= 0.3 is 6.18 Å². The van der Waals surface area contributed by atoms with Crippen molar-refractivity contribution in [3.8, 4) is 22.5 Å². The molecule has 2 heterocycles. The standard InChI is InChI=1S/C19H20F3N7O2S/c20-19(21,22)15-6-5-14(16(17(15)32(23,30)31)18-25-27-28-26-18)13-3-1-12(2-4-13)11-29-9-7-24-8-10-29/h1-6,24H,7-11H2,(H2,23,30,31)(H,25,26,27,28). The topological polar surface area (TPSA) is 130 Å². The molecule has 0 saturated carbocycles. The third-order valence-electron chi connectivity index (χ3n) is 5.20. The van der Waals surface area contributed by atoms with Crippen LogP contribution >= 0.6 is 0 Å². The summed E-state index contributed by atoms with van der Waals surface area (Å²) >= 11 is 0. The molecular formula is C19H20F3N7O2S. The summed E-state index contributed by atoms with van der Waals surface area (Å²) in [5.74, 6) is -0.306. The minimum absolute atomic E-state index is 0.192. The van der Waals surface area contributed by atoms with E-state index < -0.39 is 26.7 Å². The van der Waals surface area contributed by atoms with Crippen LogP contribution in [-0.4, -0.2) is 60.1 Å². The van der Waals surface area contributed by atoms with Crippen LogP contribution in [0.4, 0.5) is 13.2 Å². The first-order valence-corrected chi connectivity index (χ1v) is 11.2. The van der Waals surface area contributed by atoms with Gasteiger partial charge in [0.1, 0.15) is 4.90 Å². The number of halogens is 3. The molecule has 13 heteroatoms. The molecule has 4 N–H and O–H groups in total. The summed E-state index contributed by atoms with van der Waals surface area (Å²) in [7, 11) is -4.79. The van der Waals surface area contributed by atoms with Crippen LogP contribution in [0, 0.1) is 0 Å². The Kier molecular flexibility index (Phi) is 5.99. The minimum atomic E-state index is -4.95. The van der Waals surface area contributed by atoms with E-state index in [1.807, 2.05) is 12.1 Å². The van der Waals surface area contributed by atoms with Crippen LogP contribution in [0.2, 0.25) is 0 Å². The highest BCUT2D eigenvalue weighted by atomic mass is 32.2. The molecule has 0 spiro atoms. The molecular weight excluding hydrogens is 447 g/mol. The Morgan fingerprint density at radius 3 is 2.31 bits per heavy atom. The van der Waals surface area contributed by atoms with Crippen LogP contribution in [-0.2, 0) is 22.7 Å². The van der Waals surface area contributed by atoms with Crippen LogP contribution in [0.5, 0.6) is 0 Å². The van der Waals surface area contributed by atoms with Crippen molar-refractivity contribution in [2.45, 2.75) is 17.6 Å². The number of hydrogen-bond acceptors (Lipinski definition) is 7. The molecule has 0 unspecified atom stereocenters. The lowest BCUT2D eigenvalue weighted by Gasteiger charge is -2.27. The van der Waals surface area contributed by atoms with Gasteiger partial charge in [0.15, 0.2) is 0 Å². The van der Waals surface area contributed by atoms with Crippen molar-refractivity contribution >= 4 is 10.0 Å². The maximum absolute atomic E-state index is 13.6. The van der Waals surface area contributed by atoms with Gasteiger partial charge in [-0.3, -0.25) is 4.90 Å². The number of aromatic nitrogens is 4. The van der Waals surface area contributed by atoms with Crippen molar-refractivity contribution in [2.75, 3.05) is 26.2 Å². The number of nitrogens with two attached hydrogens (primary N) is 1. The predicted octanol–water partition coefficient (Wildman–Crippen LogP) is 1.61. The minimum Gasteiger partial charge on any atom is -0.314 e. The Balaban J connectivity index is 1.82. The fraction of sp³-hybridized carbons (Fsp3) is 0.316. The zero-order valence-corrected chi connectivity index (χ0v) is 17.5. The Morgan fingerprint density at radius 1 is 1.06 bits per heavy atom. The fourth-order valence-corrected chi connectivity index (χ4v) is 4.72. The first kappa shape index (κ1) is 22.3. The van der Waals surface area contributed by atoms with Gasteiger partial charge in [-0.25, -0.2) is 13.6 Å². The zero-order valence-electron chi connectivity index (χ0n) is 16.7. The Hall–Kier alpha value is -2.87. The van der Waals surface area contributed by atoms with Crippen LogP contribution in [0.15, 0.2) is 41.3 Å². The highest BCUT2D eigenvalue weighted by molar-refractivity contribution is 7.89. The molecule has 0 atom stereocenters. The van der Waals surface area contributed by atoms with Crippen LogP contribution in [0.25, 0.3) is 22.5 Å². The van der Waals surface area contributed by atoms with Gasteiger partial charge in [0.05, 0.1) is 11.1 Å². The molecule has 2 aromatic carbocycles. The average Bonchev–Trinajstić information content (AvgIpc) is 3.27. The number of sulfonamides is 1. The van der Waals surface area contributed by atoms with Gasteiger partial charge in [-0.1, -0.05) is 30.3 Å². The molecule has 4 rings (SSSR count). The second kappa shape index (κ2) is 8.58. The molecule has 32 heavy (non-hydrogen) atoms. The van der Waals surface area contributed by atoms with Gasteiger partial charge in [-0.05, 0) is 28.0 Å². The van der Waals surface area contributed by atoms with Gasteiger partial charge in [0, 0.05) is 32.7 Å². The fourth-order valence-electron chi connectivity index (χ4n) is 3.75. The first-order valence-electron chi connectivity index (χ1n) is 9.68. The summed E-state index contributed by atoms with van der Waals surface area (Å²) in [4.78, 5) is 1.20. The smallest absolute Gasteiger partial charge is 0.314 e. The molecule has 9 nitrogen and oxygen atoms in total. The van der Waals surface area contributed by atoms with Crippen molar-refractivity contribution in [1.82, 2.24) is 30.8 Å². The van der Waals surface area contributed by atoms with Crippen LogP contribution in [0.1, 0.15) is 11.1 Å². The van der Waals surface area contributed by atoms with E-state index in [2.05, 4.69) is 30.8 Å². The van der Waals surface area contributed by atoms with Gasteiger partial charge in [0.2, 0.25) is 15.8 Å². The third kappa shape index (κ3) is 4.65. The maximum atomic E-state index is 13.6. The van der Waals surface area contributed by atoms with Crippen molar-refractivity contribution in [1.29, 1.82) is 0 Å². The van der Waals surface area contributed by atoms with E-state index in [4.69, 9.17) is 5.14 Å². The van der Waals surface area contributed by atoms with Gasteiger partial charge in [-0.15, -0.1) is 10.2 Å². The quantitative estimate of drug-likeness (QED) is 0.520. The number of benzene rings is 2. The number of tetrazole rings is 1. The Bertz CT molecular complexity index is 1190. The maximum Gasteiger partial charge on any atom is 0.417 e. The lowest BCUT2D eigenvalue weighted by atomic mass is 9.95. The molecule has 1 aromatic heterocycles. The molecule has 170 valence electrons. The second-order valence-corrected chi connectivity index (χ2v) is 8.86. The zero-order chi connectivity index (χ0) is 22.9. The van der Waals surface area contributed by atoms with Gasteiger partial charge < -0.3 is 5.32 Å². The highest BCUT2D eigenvalue weighted by Gasteiger charge is 2.39. The van der Waals surface area contributed by atoms with Gasteiger partial charge in [0.25, 0.3) is 0 Å². The van der Waals surface area contributed by atoms with E-state index in [1.54, 1.807) is 12.1 Å². The second-order valence-electron chi connectivity index (χ2n) is 7.37. The number of piperazine rings is 1. The number of H-pyrrole nitrogens is 1. The van der Waals surface area contributed by atoms with E-state index in [0.717, 1.165) is 38.3 Å². The van der Waals surface area contributed by atoms with Gasteiger partial charge in [-0.2, -0.15) is 18.4 Å². The summed E-state index contributed by atoms with van der Waals surface area (Å²) in [6.45, 7) is 4.39. The molecule has 0 bridgehead atoms. The number of aromatic amines is 1. The van der Waals surface area contributed by atoms with Crippen LogP contribution in [0.3, 0.4) is 0 Å². The first-order chi connectivity index (χ1) is 15.1. The lowest BCUT2D eigenvalue weighted by Crippen LogP contribution is -2.42. The largest absolute Gasteiger partial charge is 0.417 e. The normalized spacial score (nSPS) is 15.8. The number of hydrogen-bond donors (Lipinski definition) is 3. The van der Waals surface area contributed by atoms with Crippen molar-refractivity contribution in [2.24, 2.45) is 5.14 Å². The lowest BCUT2D eigenvalue weighted by molar-refractivity contribution is -0.139. The van der Waals surface area contributed by atoms with Crippen molar-refractivity contribution in [3.63, 3.8) is 0 Å². The van der Waals surface area contributed by atoms with E-state index in [1.165, 1.54) is 6.07 Å². The number of alkyl halides is 3. The van der Waals surface area contributed by atoms with Crippen molar-refractivity contribution in [3.05, 3.63) is 47.5 Å². The van der Waals surface area contributed by atoms with Crippen molar-refractivity contribution < 1.29 is 21.6 Å².